The minimum absolute atomic E-state index is 0.295. The number of likely N-dealkylation sites (N-methyl/N-ethyl adjacent to an activating group) is 1. The summed E-state index contributed by atoms with van der Waals surface area (Å²) >= 11 is 0. The predicted molar refractivity (Wildman–Crippen MR) is 66.8 cm³/mol. The Kier molecular flexibility index (Phi) is 4.78. The molecule has 0 aliphatic heterocycles. The van der Waals surface area contributed by atoms with E-state index in [1.807, 2.05) is 19.1 Å². The van der Waals surface area contributed by atoms with Crippen molar-refractivity contribution in [3.63, 3.8) is 0 Å². The van der Waals surface area contributed by atoms with Crippen LogP contribution >= 0.6 is 0 Å². The number of rotatable bonds is 4. The van der Waals surface area contributed by atoms with E-state index in [-0.39, 0.29) is 6.03 Å². The lowest BCUT2D eigenvalue weighted by molar-refractivity contribution is 0.209. The van der Waals surface area contributed by atoms with Crippen molar-refractivity contribution in [1.29, 1.82) is 0 Å². The first kappa shape index (κ1) is 13.3. The zero-order chi connectivity index (χ0) is 12.8. The van der Waals surface area contributed by atoms with Gasteiger partial charge in [0, 0.05) is 13.6 Å². The van der Waals surface area contributed by atoms with Crippen molar-refractivity contribution in [2.75, 3.05) is 20.7 Å². The van der Waals surface area contributed by atoms with Crippen LogP contribution in [-0.2, 0) is 6.42 Å². The molecule has 0 aromatic heterocycles. The van der Waals surface area contributed by atoms with Gasteiger partial charge in [-0.15, -0.1) is 0 Å². The lowest BCUT2D eigenvalue weighted by atomic mass is 10.1. The monoisotopic (exact) mass is 237 g/mol. The van der Waals surface area contributed by atoms with Crippen LogP contribution in [0.3, 0.4) is 0 Å². The molecule has 0 aliphatic rings. The summed E-state index contributed by atoms with van der Waals surface area (Å²) in [5, 5.41) is 0. The molecule has 0 radical (unpaired) electrons. The van der Waals surface area contributed by atoms with E-state index >= 15 is 0 Å². The number of aryl methyl sites for hydroxylation is 1. The second-order valence-electron chi connectivity index (χ2n) is 3.94. The second kappa shape index (κ2) is 6.10. The lowest BCUT2D eigenvalue weighted by Crippen LogP contribution is -2.42. The van der Waals surface area contributed by atoms with E-state index < -0.39 is 0 Å². The number of carbonyl (C=O) groups is 1. The molecule has 0 atom stereocenters. The minimum atomic E-state index is -0.295. The zero-order valence-electron chi connectivity index (χ0n) is 10.5. The molecule has 0 heterocycles. The third-order valence-corrected chi connectivity index (χ3v) is 2.62. The molecule has 0 aliphatic carbocycles. The van der Waals surface area contributed by atoms with Crippen molar-refractivity contribution in [1.82, 2.24) is 10.3 Å². The Morgan fingerprint density at radius 1 is 1.53 bits per heavy atom. The molecule has 0 unspecified atom stereocenters. The largest absolute Gasteiger partial charge is 0.496 e. The molecule has 5 heteroatoms. The highest BCUT2D eigenvalue weighted by molar-refractivity contribution is 5.73. The van der Waals surface area contributed by atoms with E-state index in [4.69, 9.17) is 10.6 Å². The number of ether oxygens (including phenoxy) is 1. The first-order chi connectivity index (χ1) is 8.08. The number of hydrazine groups is 1. The summed E-state index contributed by atoms with van der Waals surface area (Å²) in [6, 6.07) is 5.70. The minimum Gasteiger partial charge on any atom is -0.496 e. The van der Waals surface area contributed by atoms with Gasteiger partial charge in [-0.3, -0.25) is 5.43 Å². The highest BCUT2D eigenvalue weighted by Gasteiger charge is 2.08. The number of hydrogen-bond donors (Lipinski definition) is 2. The van der Waals surface area contributed by atoms with E-state index in [9.17, 15) is 4.79 Å². The summed E-state index contributed by atoms with van der Waals surface area (Å²) < 4.78 is 5.28. The van der Waals surface area contributed by atoms with Gasteiger partial charge in [-0.25, -0.2) is 10.6 Å². The van der Waals surface area contributed by atoms with Gasteiger partial charge in [0.25, 0.3) is 0 Å². The van der Waals surface area contributed by atoms with Crippen LogP contribution in [-0.4, -0.2) is 31.6 Å². The normalized spacial score (nSPS) is 9.88. The fraction of sp³-hybridized carbons (Fsp3) is 0.417. The first-order valence-corrected chi connectivity index (χ1v) is 5.43. The summed E-state index contributed by atoms with van der Waals surface area (Å²) in [6.07, 6.45) is 0.731. The van der Waals surface area contributed by atoms with Crippen molar-refractivity contribution < 1.29 is 9.53 Å². The summed E-state index contributed by atoms with van der Waals surface area (Å²) in [4.78, 5) is 12.7. The fourth-order valence-electron chi connectivity index (χ4n) is 1.60. The number of urea groups is 1. The summed E-state index contributed by atoms with van der Waals surface area (Å²) in [5.41, 5.74) is 4.36. The van der Waals surface area contributed by atoms with Gasteiger partial charge in [0.2, 0.25) is 0 Å². The Balaban J connectivity index is 2.68. The molecule has 5 nitrogen and oxygen atoms in total. The van der Waals surface area contributed by atoms with Crippen LogP contribution in [0.4, 0.5) is 4.79 Å². The summed E-state index contributed by atoms with van der Waals surface area (Å²) in [5.74, 6) is 5.90. The number of methoxy groups -OCH3 is 1. The van der Waals surface area contributed by atoms with E-state index in [0.717, 1.165) is 17.7 Å². The van der Waals surface area contributed by atoms with Crippen LogP contribution in [0, 0.1) is 6.92 Å². The number of benzene rings is 1. The predicted octanol–water partition coefficient (Wildman–Crippen LogP) is 1.06. The summed E-state index contributed by atoms with van der Waals surface area (Å²) in [6.45, 7) is 2.61. The third-order valence-electron chi connectivity index (χ3n) is 2.62. The van der Waals surface area contributed by atoms with Crippen molar-refractivity contribution >= 4 is 6.03 Å². The van der Waals surface area contributed by atoms with E-state index in [2.05, 4.69) is 11.5 Å². The molecule has 17 heavy (non-hydrogen) atoms. The van der Waals surface area contributed by atoms with E-state index in [1.165, 1.54) is 10.5 Å². The quantitative estimate of drug-likeness (QED) is 0.467. The van der Waals surface area contributed by atoms with Gasteiger partial charge >= 0.3 is 6.03 Å². The molecular weight excluding hydrogens is 218 g/mol. The van der Waals surface area contributed by atoms with E-state index in [0.29, 0.717) is 6.54 Å². The second-order valence-corrected chi connectivity index (χ2v) is 3.94. The molecular formula is C12H19N3O2. The zero-order valence-corrected chi connectivity index (χ0v) is 10.5. The maximum atomic E-state index is 11.2. The number of amides is 2. The Morgan fingerprint density at radius 3 is 2.82 bits per heavy atom. The molecule has 2 amide bonds. The average Bonchev–Trinajstić information content (AvgIpc) is 2.35. The Hall–Kier alpha value is -1.75. The van der Waals surface area contributed by atoms with Crippen LogP contribution in [0.15, 0.2) is 18.2 Å². The smallest absolute Gasteiger partial charge is 0.331 e. The molecule has 0 fully saturated rings. The van der Waals surface area contributed by atoms with Crippen LogP contribution < -0.4 is 16.0 Å². The van der Waals surface area contributed by atoms with E-state index in [1.54, 1.807) is 14.2 Å². The molecule has 0 saturated heterocycles. The van der Waals surface area contributed by atoms with Crippen LogP contribution in [0.1, 0.15) is 11.1 Å². The molecule has 1 aromatic rings. The van der Waals surface area contributed by atoms with Gasteiger partial charge in [-0.2, -0.15) is 0 Å². The first-order valence-electron chi connectivity index (χ1n) is 5.43. The SMILES string of the molecule is COc1ccc(C)cc1CCN(C)C(=O)NN. The molecule has 0 spiro atoms. The number of nitrogens with zero attached hydrogens (tertiary/aromatic N) is 1. The Labute approximate surface area is 102 Å². The maximum Gasteiger partial charge on any atom is 0.331 e. The number of hydrogen-bond acceptors (Lipinski definition) is 3. The molecule has 0 saturated carbocycles. The van der Waals surface area contributed by atoms with Gasteiger partial charge in [0.15, 0.2) is 0 Å². The molecule has 94 valence electrons. The Bertz CT molecular complexity index is 393. The highest BCUT2D eigenvalue weighted by Crippen LogP contribution is 2.20. The van der Waals surface area contributed by atoms with Crippen LogP contribution in [0.5, 0.6) is 5.75 Å². The average molecular weight is 237 g/mol. The highest BCUT2D eigenvalue weighted by atomic mass is 16.5. The van der Waals surface area contributed by atoms with Crippen molar-refractivity contribution in [3.05, 3.63) is 29.3 Å². The molecule has 0 bridgehead atoms. The number of nitrogens with one attached hydrogen (secondary N) is 1. The number of nitrogens with two attached hydrogens (primary N) is 1. The topological polar surface area (TPSA) is 67.6 Å². The van der Waals surface area contributed by atoms with Gasteiger partial charge < -0.3 is 9.64 Å². The van der Waals surface area contributed by atoms with Gasteiger partial charge in [-0.1, -0.05) is 17.7 Å². The number of carbonyl (C=O) groups excluding carboxylic acids is 1. The van der Waals surface area contributed by atoms with Gasteiger partial charge in [0.05, 0.1) is 7.11 Å². The van der Waals surface area contributed by atoms with Crippen molar-refractivity contribution in [2.45, 2.75) is 13.3 Å². The van der Waals surface area contributed by atoms with Crippen LogP contribution in [0.2, 0.25) is 0 Å². The Morgan fingerprint density at radius 2 is 2.24 bits per heavy atom. The van der Waals surface area contributed by atoms with Crippen molar-refractivity contribution in [3.8, 4) is 5.75 Å². The molecule has 1 aromatic carbocycles. The van der Waals surface area contributed by atoms with Gasteiger partial charge in [0.1, 0.15) is 5.75 Å². The maximum absolute atomic E-state index is 11.2. The fourth-order valence-corrected chi connectivity index (χ4v) is 1.60. The molecule has 1 rings (SSSR count). The summed E-state index contributed by atoms with van der Waals surface area (Å²) in [7, 11) is 3.34. The van der Waals surface area contributed by atoms with Crippen LogP contribution in [0.25, 0.3) is 0 Å². The third kappa shape index (κ3) is 3.64. The van der Waals surface area contributed by atoms with Crippen molar-refractivity contribution in [2.24, 2.45) is 5.84 Å². The van der Waals surface area contributed by atoms with Gasteiger partial charge in [-0.05, 0) is 25.0 Å². The standard InChI is InChI=1S/C12H19N3O2/c1-9-4-5-11(17-3)10(8-9)6-7-15(2)12(16)14-13/h4-5,8H,6-7,13H2,1-3H3,(H,14,16). The lowest BCUT2D eigenvalue weighted by Gasteiger charge is -2.17. The molecule has 3 N–H and O–H groups in total.